The molecule has 0 spiro atoms. The number of hydrogen-bond acceptors (Lipinski definition) is 7. The van der Waals surface area contributed by atoms with Crippen LogP contribution in [0.3, 0.4) is 0 Å². The minimum absolute atomic E-state index is 0.0236. The molecule has 0 aromatic carbocycles. The van der Waals surface area contributed by atoms with Crippen molar-refractivity contribution in [1.29, 1.82) is 0 Å². The first-order valence-electron chi connectivity index (χ1n) is 27.3. The largest absolute Gasteiger partial charge is 0.332 e. The Bertz CT molecular complexity index is 2010. The van der Waals surface area contributed by atoms with Crippen molar-refractivity contribution in [2.75, 3.05) is 12.3 Å². The van der Waals surface area contributed by atoms with Gasteiger partial charge in [-0.1, -0.05) is 73.4 Å². The fraction of sp³-hybridized carbons (Fsp3) is 0.875. The van der Waals surface area contributed by atoms with Crippen molar-refractivity contribution in [2.24, 2.45) is 45.8 Å². The van der Waals surface area contributed by atoms with E-state index in [0.717, 1.165) is 4.90 Å². The Hall–Kier alpha value is -1.90. The van der Waals surface area contributed by atoms with Gasteiger partial charge >= 0.3 is 0 Å². The van der Waals surface area contributed by atoms with Crippen molar-refractivity contribution in [2.45, 2.75) is 163 Å². The van der Waals surface area contributed by atoms with Crippen LogP contribution in [0.1, 0.15) is 179 Å². The molecular weight excluding hydrogens is 639 g/mol. The van der Waals surface area contributed by atoms with Gasteiger partial charge in [0.25, 0.3) is 0 Å². The van der Waals surface area contributed by atoms with Crippen LogP contribution in [0.4, 0.5) is 0 Å². The highest BCUT2D eigenvalue weighted by atomic mass is 32.2. The third kappa shape index (κ3) is 9.13. The molecule has 4 fully saturated rings. The van der Waals surface area contributed by atoms with Gasteiger partial charge in [-0.05, 0) is 86.7 Å². The van der Waals surface area contributed by atoms with E-state index in [1.54, 1.807) is 13.8 Å². The predicted molar refractivity (Wildman–Crippen MR) is 192 cm³/mol. The molecule has 0 bridgehead atoms. The second-order valence-corrected chi connectivity index (χ2v) is 18.0. The van der Waals surface area contributed by atoms with Gasteiger partial charge in [-0.25, -0.2) is 8.42 Å². The Morgan fingerprint density at radius 2 is 1.61 bits per heavy atom. The van der Waals surface area contributed by atoms with Gasteiger partial charge in [0.15, 0.2) is 21.4 Å². The van der Waals surface area contributed by atoms with Gasteiger partial charge in [-0.2, -0.15) is 0 Å². The summed E-state index contributed by atoms with van der Waals surface area (Å²) in [5.41, 5.74) is -6.76. The fourth-order valence-corrected chi connectivity index (χ4v) is 9.75. The monoisotopic (exact) mass is 724 g/mol. The average Bonchev–Trinajstić information content (AvgIpc) is 3.95. The van der Waals surface area contributed by atoms with E-state index < -0.39 is 162 Å². The smallest absolute Gasteiger partial charge is 0.227 e. The van der Waals surface area contributed by atoms with Crippen molar-refractivity contribution in [1.82, 2.24) is 4.90 Å². The maximum Gasteiger partial charge on any atom is 0.227 e. The molecule has 0 radical (unpaired) electrons. The Morgan fingerprint density at radius 3 is 2.18 bits per heavy atom. The SMILES string of the molecule is [2H]C([2H])(C)CC[C@H](CC(=O)[C@@H]1[C@@H]2[C@H](CN1C(=O)[C@@H](CC(=O)CC1(CS(=O)(=O)C(C([2H])([2H])[2H])(C([2H])([2H])[2H])C([2H])([2H])[2H])CCCCC1)C(C([2H])([2H])[2H])(C([2H])([2H])[2H])C([2H])([2H])[2H])C2(C)C)C(=O)C(=O)CC1CC1. The lowest BCUT2D eigenvalue weighted by atomic mass is 9.70. The molecule has 3 aliphatic carbocycles. The zero-order valence-electron chi connectivity index (χ0n) is 48.8. The standard InChI is InChI=1S/C40H65NO7S/c1-10-11-15-27(35(45)32(44)20-26-16-17-26)21-31(43)34-33-30(39(33,8)9)24-41(34)36(46)29(37(2,3)4)22-28(42)23-40(18-13-12-14-19-40)25-49(47,48)38(5,6)7/h26-27,29-30,33-34H,10-25H2,1-9H3/t27-,29-,30+,33+,34-/m1/s1/i2D3,3D3,4D3,5D3,6D3,7D3,10D2. The molecule has 1 saturated heterocycles. The summed E-state index contributed by atoms with van der Waals surface area (Å²) in [6.45, 7) is -20.6. The lowest BCUT2D eigenvalue weighted by molar-refractivity contribution is -0.148. The highest BCUT2D eigenvalue weighted by molar-refractivity contribution is 7.92. The molecule has 9 heteroatoms. The lowest BCUT2D eigenvalue weighted by Crippen LogP contribution is -2.51. The van der Waals surface area contributed by atoms with E-state index in [1.807, 2.05) is 0 Å². The van der Waals surface area contributed by atoms with Gasteiger partial charge in [-0.3, -0.25) is 24.0 Å². The third-order valence-electron chi connectivity index (χ3n) is 11.5. The number of nitrogens with zero attached hydrogens (tertiary/aromatic N) is 1. The highest BCUT2D eigenvalue weighted by Crippen LogP contribution is 2.65. The second-order valence-electron chi connectivity index (χ2n) is 15.9. The molecular formula is C40H65NO7S. The molecule has 5 atom stereocenters. The number of hydrogen-bond donors (Lipinski definition) is 0. The summed E-state index contributed by atoms with van der Waals surface area (Å²) in [4.78, 5) is 72.3. The summed E-state index contributed by atoms with van der Waals surface area (Å²) >= 11 is 0. The molecule has 8 nitrogen and oxygen atoms in total. The number of amides is 1. The van der Waals surface area contributed by atoms with Gasteiger partial charge in [0.2, 0.25) is 11.7 Å². The molecule has 3 saturated carbocycles. The van der Waals surface area contributed by atoms with Gasteiger partial charge in [0.05, 0.1) is 16.5 Å². The maximum atomic E-state index is 15.4. The number of fused-ring (bicyclic) bond motifs is 1. The molecule has 1 heterocycles. The molecule has 4 aliphatic rings. The number of carbonyl (C=O) groups excluding carboxylic acids is 5. The minimum Gasteiger partial charge on any atom is -0.332 e. The Balaban J connectivity index is 1.88. The van der Waals surface area contributed by atoms with E-state index in [2.05, 4.69) is 0 Å². The number of likely N-dealkylation sites (tertiary alicyclic amines) is 1. The second kappa shape index (κ2) is 14.6. The number of piperidine rings is 1. The average molecular weight is 724 g/mol. The highest BCUT2D eigenvalue weighted by Gasteiger charge is 2.69. The lowest BCUT2D eigenvalue weighted by Gasteiger charge is -2.40. The van der Waals surface area contributed by atoms with Crippen LogP contribution in [-0.4, -0.2) is 65.4 Å². The zero-order valence-corrected chi connectivity index (χ0v) is 29.6. The number of sulfone groups is 1. The van der Waals surface area contributed by atoms with E-state index in [9.17, 15) is 27.6 Å². The van der Waals surface area contributed by atoms with E-state index in [1.165, 1.54) is 6.92 Å². The molecule has 0 aromatic heterocycles. The van der Waals surface area contributed by atoms with Crippen LogP contribution in [-0.2, 0) is 33.8 Å². The van der Waals surface area contributed by atoms with Crippen LogP contribution in [0.2, 0.25) is 0 Å². The van der Waals surface area contributed by atoms with E-state index in [4.69, 9.17) is 27.4 Å². The normalized spacial score (nSPS) is 33.9. The van der Waals surface area contributed by atoms with Crippen molar-refractivity contribution >= 4 is 38.9 Å². The first kappa shape index (κ1) is 20.4. The van der Waals surface area contributed by atoms with Crippen LogP contribution in [0, 0.1) is 45.8 Å². The fourth-order valence-electron chi connectivity index (χ4n) is 8.33. The van der Waals surface area contributed by atoms with E-state index >= 15 is 4.79 Å². The maximum absolute atomic E-state index is 15.4. The number of carbonyl (C=O) groups is 5. The van der Waals surface area contributed by atoms with E-state index in [0.29, 0.717) is 19.3 Å². The molecule has 1 amide bonds. The van der Waals surface area contributed by atoms with Crippen LogP contribution in [0.25, 0.3) is 0 Å². The first-order valence-corrected chi connectivity index (χ1v) is 19.0. The Kier molecular flexibility index (Phi) is 6.08. The molecule has 1 aliphatic heterocycles. The van der Waals surface area contributed by atoms with Crippen LogP contribution >= 0.6 is 0 Å². The number of rotatable bonds is 17. The molecule has 0 aromatic rings. The third-order valence-corrected chi connectivity index (χ3v) is 13.5. The summed E-state index contributed by atoms with van der Waals surface area (Å²) in [7, 11) is -5.87. The van der Waals surface area contributed by atoms with Crippen molar-refractivity contribution in [3.8, 4) is 0 Å². The van der Waals surface area contributed by atoms with Crippen molar-refractivity contribution in [3.63, 3.8) is 0 Å². The Morgan fingerprint density at radius 1 is 0.959 bits per heavy atom. The van der Waals surface area contributed by atoms with Crippen molar-refractivity contribution in [3.05, 3.63) is 0 Å². The molecule has 49 heavy (non-hydrogen) atoms. The van der Waals surface area contributed by atoms with Crippen LogP contribution in [0.15, 0.2) is 0 Å². The molecule has 4 rings (SSSR count). The summed E-state index contributed by atoms with van der Waals surface area (Å²) < 4.78 is 190. The number of Topliss-reactive ketones (excluding diaryl/α,β-unsaturated/α-hetero) is 4. The number of ketones is 4. The first-order chi connectivity index (χ1) is 30.7. The molecule has 278 valence electrons. The van der Waals surface area contributed by atoms with Gasteiger partial charge in [0, 0.05) is 71.5 Å². The zero-order chi connectivity index (χ0) is 53.5. The summed E-state index contributed by atoms with van der Waals surface area (Å²) in [5.74, 6) is -12.4. The summed E-state index contributed by atoms with van der Waals surface area (Å²) in [6.07, 6.45) is -4.17. The molecule has 0 unspecified atom stereocenters. The minimum atomic E-state index is -5.87. The predicted octanol–water partition coefficient (Wildman–Crippen LogP) is 7.35. The summed E-state index contributed by atoms with van der Waals surface area (Å²) in [5, 5.41) is 0. The summed E-state index contributed by atoms with van der Waals surface area (Å²) in [6, 6.07) is -1.58. The van der Waals surface area contributed by atoms with Gasteiger partial charge in [-0.15, -0.1) is 0 Å². The topological polar surface area (TPSA) is 123 Å². The van der Waals surface area contributed by atoms with Crippen molar-refractivity contribution < 1.29 is 59.8 Å². The Labute approximate surface area is 324 Å². The van der Waals surface area contributed by atoms with E-state index in [-0.39, 0.29) is 57.4 Å². The van der Waals surface area contributed by atoms with Gasteiger partial charge < -0.3 is 4.90 Å². The quantitative estimate of drug-likeness (QED) is 0.144. The van der Waals surface area contributed by atoms with Crippen LogP contribution < -0.4 is 0 Å². The molecule has 0 N–H and O–H groups in total. The van der Waals surface area contributed by atoms with Crippen LogP contribution in [0.5, 0.6) is 0 Å². The van der Waals surface area contributed by atoms with Gasteiger partial charge in [0.1, 0.15) is 5.78 Å².